The first-order valence-electron chi connectivity index (χ1n) is 8.47. The van der Waals surface area contributed by atoms with E-state index in [1.807, 2.05) is 0 Å². The molecular formula is C18H27O. The second kappa shape index (κ2) is 4.35. The summed E-state index contributed by atoms with van der Waals surface area (Å²) in [6, 6.07) is 0. The van der Waals surface area contributed by atoms with Gasteiger partial charge in [-0.05, 0) is 80.6 Å². The van der Waals surface area contributed by atoms with Crippen molar-refractivity contribution < 1.29 is 5.11 Å². The molecule has 1 unspecified atom stereocenters. The summed E-state index contributed by atoms with van der Waals surface area (Å²) in [5.74, 6) is 3.13. The van der Waals surface area contributed by atoms with Crippen LogP contribution in [-0.2, 0) is 0 Å². The number of hydrogen-bond acceptors (Lipinski definition) is 1. The van der Waals surface area contributed by atoms with Gasteiger partial charge in [-0.3, -0.25) is 0 Å². The summed E-state index contributed by atoms with van der Waals surface area (Å²) < 4.78 is 0. The van der Waals surface area contributed by atoms with Crippen molar-refractivity contribution in [3.63, 3.8) is 0 Å². The lowest BCUT2D eigenvalue weighted by Crippen LogP contribution is -2.47. The van der Waals surface area contributed by atoms with Crippen molar-refractivity contribution in [1.82, 2.24) is 0 Å². The largest absolute Gasteiger partial charge is 0.392 e. The highest BCUT2D eigenvalue weighted by Gasteiger charge is 2.53. The first kappa shape index (κ1) is 12.4. The number of allylic oxidation sites excluding steroid dienone is 1. The van der Waals surface area contributed by atoms with Gasteiger partial charge >= 0.3 is 0 Å². The van der Waals surface area contributed by atoms with Crippen molar-refractivity contribution in [2.24, 2.45) is 29.1 Å². The third-order valence-electron chi connectivity index (χ3n) is 7.09. The van der Waals surface area contributed by atoms with E-state index in [2.05, 4.69) is 13.0 Å². The maximum absolute atomic E-state index is 10.5. The van der Waals surface area contributed by atoms with Crippen LogP contribution in [0, 0.1) is 35.2 Å². The van der Waals surface area contributed by atoms with E-state index < -0.39 is 0 Å². The zero-order valence-electron chi connectivity index (χ0n) is 12.2. The number of aliphatic hydroxyl groups excluding tert-OH is 1. The van der Waals surface area contributed by atoms with E-state index in [4.69, 9.17) is 0 Å². The molecule has 0 aromatic heterocycles. The number of fused-ring (bicyclic) bond motifs is 5. The van der Waals surface area contributed by atoms with Gasteiger partial charge in [-0.25, -0.2) is 0 Å². The van der Waals surface area contributed by atoms with Gasteiger partial charge in [0.15, 0.2) is 0 Å². The molecule has 3 fully saturated rings. The fourth-order valence-corrected chi connectivity index (χ4v) is 6.20. The normalized spacial score (nSPS) is 52.9. The number of aliphatic hydroxyl groups is 1. The third-order valence-corrected chi connectivity index (χ3v) is 7.09. The highest BCUT2D eigenvalue weighted by atomic mass is 16.3. The Hall–Kier alpha value is -0.300. The van der Waals surface area contributed by atoms with Crippen LogP contribution in [0.4, 0.5) is 0 Å². The molecular weight excluding hydrogens is 232 g/mol. The number of hydrogen-bond donors (Lipinski definition) is 1. The van der Waals surface area contributed by atoms with Crippen LogP contribution in [0.3, 0.4) is 0 Å². The van der Waals surface area contributed by atoms with E-state index in [1.54, 1.807) is 0 Å². The first-order valence-corrected chi connectivity index (χ1v) is 8.47. The van der Waals surface area contributed by atoms with Crippen molar-refractivity contribution in [2.45, 2.75) is 70.8 Å². The lowest BCUT2D eigenvalue weighted by molar-refractivity contribution is -0.0389. The van der Waals surface area contributed by atoms with Gasteiger partial charge in [0.2, 0.25) is 0 Å². The Morgan fingerprint density at radius 2 is 2.00 bits per heavy atom. The molecule has 1 radical (unpaired) electrons. The highest BCUT2D eigenvalue weighted by molar-refractivity contribution is 5.17. The van der Waals surface area contributed by atoms with E-state index in [0.29, 0.717) is 11.3 Å². The average molecular weight is 259 g/mol. The third kappa shape index (κ3) is 1.77. The second-order valence-corrected chi connectivity index (χ2v) is 7.89. The predicted octanol–water partition coefficient (Wildman–Crippen LogP) is 4.11. The lowest BCUT2D eigenvalue weighted by Gasteiger charge is -2.53. The maximum Gasteiger partial charge on any atom is 0.0611 e. The molecule has 4 aliphatic rings. The Morgan fingerprint density at radius 1 is 1.11 bits per heavy atom. The van der Waals surface area contributed by atoms with Gasteiger partial charge in [0.05, 0.1) is 6.10 Å². The minimum Gasteiger partial charge on any atom is -0.392 e. The van der Waals surface area contributed by atoms with Crippen molar-refractivity contribution in [3.05, 3.63) is 11.6 Å². The zero-order chi connectivity index (χ0) is 13.0. The van der Waals surface area contributed by atoms with Crippen LogP contribution in [0.2, 0.25) is 0 Å². The average Bonchev–Trinajstić information content (AvgIpc) is 2.80. The molecule has 0 heterocycles. The van der Waals surface area contributed by atoms with Crippen LogP contribution in [0.1, 0.15) is 64.7 Å². The molecule has 0 aromatic rings. The minimum absolute atomic E-state index is 0.0604. The van der Waals surface area contributed by atoms with E-state index in [9.17, 15) is 5.11 Å². The molecule has 0 aromatic carbocycles. The van der Waals surface area contributed by atoms with E-state index in [1.165, 1.54) is 50.5 Å². The topological polar surface area (TPSA) is 20.2 Å². The SMILES string of the molecule is C[C@@]12CCC[C@H]1[C@@H]1CCC3=[C]CCC(O)[C@@H]3[C@H]1CC2. The summed E-state index contributed by atoms with van der Waals surface area (Å²) in [7, 11) is 0. The Morgan fingerprint density at radius 3 is 2.89 bits per heavy atom. The van der Waals surface area contributed by atoms with Crippen LogP contribution < -0.4 is 0 Å². The summed E-state index contributed by atoms with van der Waals surface area (Å²) in [5.41, 5.74) is 2.15. The van der Waals surface area contributed by atoms with Crippen LogP contribution in [-0.4, -0.2) is 11.2 Å². The van der Waals surface area contributed by atoms with Gasteiger partial charge in [-0.2, -0.15) is 0 Å². The van der Waals surface area contributed by atoms with Gasteiger partial charge in [0.25, 0.3) is 0 Å². The van der Waals surface area contributed by atoms with Crippen molar-refractivity contribution in [1.29, 1.82) is 0 Å². The van der Waals surface area contributed by atoms with Crippen LogP contribution >= 0.6 is 0 Å². The molecule has 0 aliphatic heterocycles. The fourth-order valence-electron chi connectivity index (χ4n) is 6.20. The predicted molar refractivity (Wildman–Crippen MR) is 76.4 cm³/mol. The van der Waals surface area contributed by atoms with Crippen molar-refractivity contribution in [3.8, 4) is 0 Å². The highest BCUT2D eigenvalue weighted by Crippen LogP contribution is 2.61. The van der Waals surface area contributed by atoms with Crippen molar-refractivity contribution in [2.75, 3.05) is 0 Å². The summed E-state index contributed by atoms with van der Waals surface area (Å²) >= 11 is 0. The molecule has 1 nitrogen and oxygen atoms in total. The molecule has 0 bridgehead atoms. The molecule has 19 heavy (non-hydrogen) atoms. The first-order chi connectivity index (χ1) is 9.19. The van der Waals surface area contributed by atoms with Gasteiger partial charge < -0.3 is 5.11 Å². The van der Waals surface area contributed by atoms with E-state index in [-0.39, 0.29) is 6.10 Å². The Labute approximate surface area is 117 Å². The van der Waals surface area contributed by atoms with Gasteiger partial charge in [-0.1, -0.05) is 18.9 Å². The summed E-state index contributed by atoms with van der Waals surface area (Å²) in [6.07, 6.45) is 15.3. The molecule has 6 atom stereocenters. The molecule has 0 amide bonds. The van der Waals surface area contributed by atoms with Crippen LogP contribution in [0.25, 0.3) is 0 Å². The Balaban J connectivity index is 1.65. The summed E-state index contributed by atoms with van der Waals surface area (Å²) in [5, 5.41) is 10.5. The molecule has 3 saturated carbocycles. The molecule has 4 aliphatic carbocycles. The van der Waals surface area contributed by atoms with Crippen LogP contribution in [0.5, 0.6) is 0 Å². The summed E-state index contributed by atoms with van der Waals surface area (Å²) in [6.45, 7) is 2.55. The van der Waals surface area contributed by atoms with E-state index >= 15 is 0 Å². The van der Waals surface area contributed by atoms with Crippen molar-refractivity contribution >= 4 is 0 Å². The van der Waals surface area contributed by atoms with Crippen LogP contribution in [0.15, 0.2) is 5.57 Å². The van der Waals surface area contributed by atoms with E-state index in [0.717, 1.165) is 30.6 Å². The smallest absolute Gasteiger partial charge is 0.0611 e. The molecule has 0 spiro atoms. The molecule has 105 valence electrons. The maximum atomic E-state index is 10.5. The molecule has 0 saturated heterocycles. The standard InChI is InChI=1S/C18H27O/c1-18-10-3-5-15(18)13-8-7-12-4-2-6-16(19)17(12)14(13)9-11-18/h13-17,19H,2-3,5-11H2,1H3/t13-,14+,15+,16?,17+,18+/m1/s1. The van der Waals surface area contributed by atoms with Gasteiger partial charge in [0.1, 0.15) is 0 Å². The molecule has 4 rings (SSSR count). The lowest BCUT2D eigenvalue weighted by atomic mass is 9.52. The Bertz CT molecular complexity index is 398. The fraction of sp³-hybridized carbons (Fsp3) is 0.889. The molecule has 1 heteroatoms. The second-order valence-electron chi connectivity index (χ2n) is 7.89. The molecule has 1 N–H and O–H groups in total. The zero-order valence-corrected chi connectivity index (χ0v) is 12.2. The quantitative estimate of drug-likeness (QED) is 0.694. The Kier molecular flexibility index (Phi) is 2.85. The van der Waals surface area contributed by atoms with Gasteiger partial charge in [0, 0.05) is 5.92 Å². The number of rotatable bonds is 0. The minimum atomic E-state index is -0.0604. The summed E-state index contributed by atoms with van der Waals surface area (Å²) in [4.78, 5) is 0. The van der Waals surface area contributed by atoms with Gasteiger partial charge in [-0.15, -0.1) is 0 Å². The monoisotopic (exact) mass is 259 g/mol.